The molecule has 2 N–H and O–H groups in total. The third-order valence-electron chi connectivity index (χ3n) is 11.2. The van der Waals surface area contributed by atoms with Crippen LogP contribution in [-0.4, -0.2) is 71.6 Å². The predicted molar refractivity (Wildman–Crippen MR) is 234 cm³/mol. The molecule has 55 heavy (non-hydrogen) atoms. The molecule has 0 aromatic rings. The highest BCUT2D eigenvalue weighted by atomic mass is 16.5. The van der Waals surface area contributed by atoms with Crippen LogP contribution < -0.4 is 0 Å². The van der Waals surface area contributed by atoms with Gasteiger partial charge in [-0.2, -0.15) is 0 Å². The summed E-state index contributed by atoms with van der Waals surface area (Å²) in [5.41, 5.74) is 0. The van der Waals surface area contributed by atoms with E-state index in [0.717, 1.165) is 116 Å². The highest BCUT2D eigenvalue weighted by Crippen LogP contribution is 2.19. The van der Waals surface area contributed by atoms with Gasteiger partial charge in [0.15, 0.2) is 0 Å². The Kier molecular flexibility index (Phi) is 41.5. The number of carbonyl (C=O) groups is 2. The van der Waals surface area contributed by atoms with Gasteiger partial charge >= 0.3 is 11.9 Å². The first-order chi connectivity index (χ1) is 26.9. The Morgan fingerprint density at radius 1 is 0.436 bits per heavy atom. The SMILES string of the molecule is CCCCCCCCC(CCC)OC(=O)CCCCCCCN(CCCCCCCC(=O)OC(CCCCCCCC)CCCCCCCC)CC(O)CO. The molecule has 0 spiro atoms. The Morgan fingerprint density at radius 2 is 0.764 bits per heavy atom. The van der Waals surface area contributed by atoms with Crippen LogP contribution in [-0.2, 0) is 19.1 Å². The van der Waals surface area contributed by atoms with Crippen molar-refractivity contribution in [2.75, 3.05) is 26.2 Å². The van der Waals surface area contributed by atoms with Crippen LogP contribution in [0, 0.1) is 0 Å². The van der Waals surface area contributed by atoms with E-state index in [1.165, 1.54) is 109 Å². The molecular weight excluding hydrogens is 687 g/mol. The van der Waals surface area contributed by atoms with E-state index in [1.54, 1.807) is 0 Å². The Bertz CT molecular complexity index is 793. The molecule has 0 radical (unpaired) electrons. The Hall–Kier alpha value is -1.18. The normalized spacial score (nSPS) is 12.8. The Labute approximate surface area is 342 Å². The van der Waals surface area contributed by atoms with Gasteiger partial charge in [0.05, 0.1) is 12.7 Å². The van der Waals surface area contributed by atoms with E-state index < -0.39 is 6.10 Å². The molecule has 7 heteroatoms. The van der Waals surface area contributed by atoms with E-state index in [9.17, 15) is 19.8 Å². The van der Waals surface area contributed by atoms with Crippen LogP contribution in [0.4, 0.5) is 0 Å². The van der Waals surface area contributed by atoms with Crippen LogP contribution in [0.25, 0.3) is 0 Å². The van der Waals surface area contributed by atoms with Crippen LogP contribution in [0.3, 0.4) is 0 Å². The number of rotatable bonds is 44. The summed E-state index contributed by atoms with van der Waals surface area (Å²) >= 11 is 0. The zero-order chi connectivity index (χ0) is 40.5. The maximum absolute atomic E-state index is 12.8. The number of aliphatic hydroxyl groups excluding tert-OH is 2. The maximum atomic E-state index is 12.8. The second-order valence-electron chi connectivity index (χ2n) is 16.9. The van der Waals surface area contributed by atoms with E-state index in [4.69, 9.17) is 9.47 Å². The molecule has 7 nitrogen and oxygen atoms in total. The predicted octanol–water partition coefficient (Wildman–Crippen LogP) is 13.2. The molecule has 0 amide bonds. The number of nitrogens with zero attached hydrogens (tertiary/aromatic N) is 1. The zero-order valence-corrected chi connectivity index (χ0v) is 37.3. The molecule has 2 unspecified atom stereocenters. The minimum atomic E-state index is -0.708. The summed E-state index contributed by atoms with van der Waals surface area (Å²) in [5, 5.41) is 19.6. The molecular formula is C48H95NO6. The first-order valence-electron chi connectivity index (χ1n) is 24.3. The van der Waals surface area contributed by atoms with E-state index in [0.29, 0.717) is 19.4 Å². The lowest BCUT2D eigenvalue weighted by atomic mass is 10.0. The van der Waals surface area contributed by atoms with Gasteiger partial charge in [-0.3, -0.25) is 9.59 Å². The first kappa shape index (κ1) is 53.8. The van der Waals surface area contributed by atoms with Gasteiger partial charge in [0.25, 0.3) is 0 Å². The van der Waals surface area contributed by atoms with E-state index in [1.807, 2.05) is 0 Å². The molecule has 0 saturated heterocycles. The lowest BCUT2D eigenvalue weighted by molar-refractivity contribution is -0.151. The number of carbonyl (C=O) groups excluding carboxylic acids is 2. The fourth-order valence-electron chi connectivity index (χ4n) is 7.71. The smallest absolute Gasteiger partial charge is 0.306 e. The van der Waals surface area contributed by atoms with Gasteiger partial charge < -0.3 is 24.6 Å². The highest BCUT2D eigenvalue weighted by molar-refractivity contribution is 5.69. The van der Waals surface area contributed by atoms with Gasteiger partial charge in [-0.25, -0.2) is 0 Å². The van der Waals surface area contributed by atoms with Gasteiger partial charge in [-0.1, -0.05) is 169 Å². The second-order valence-corrected chi connectivity index (χ2v) is 16.9. The minimum absolute atomic E-state index is 0.00881. The van der Waals surface area contributed by atoms with Crippen molar-refractivity contribution in [3.8, 4) is 0 Å². The molecule has 328 valence electrons. The molecule has 0 aromatic heterocycles. The molecule has 0 rings (SSSR count). The lowest BCUT2D eigenvalue weighted by Crippen LogP contribution is -2.35. The quantitative estimate of drug-likeness (QED) is 0.0469. The van der Waals surface area contributed by atoms with Gasteiger partial charge in [-0.15, -0.1) is 0 Å². The van der Waals surface area contributed by atoms with Gasteiger partial charge in [0.1, 0.15) is 12.2 Å². The molecule has 0 aliphatic rings. The fourth-order valence-corrected chi connectivity index (χ4v) is 7.71. The average Bonchev–Trinajstić information content (AvgIpc) is 3.17. The molecule has 0 aromatic carbocycles. The van der Waals surface area contributed by atoms with Crippen molar-refractivity contribution in [1.82, 2.24) is 4.90 Å². The summed E-state index contributed by atoms with van der Waals surface area (Å²) in [6.07, 6.45) is 38.8. The number of aliphatic hydroxyl groups is 2. The zero-order valence-electron chi connectivity index (χ0n) is 37.3. The van der Waals surface area contributed by atoms with Crippen molar-refractivity contribution in [2.24, 2.45) is 0 Å². The van der Waals surface area contributed by atoms with E-state index in [-0.39, 0.29) is 30.8 Å². The maximum Gasteiger partial charge on any atom is 0.306 e. The first-order valence-corrected chi connectivity index (χ1v) is 24.3. The minimum Gasteiger partial charge on any atom is -0.462 e. The van der Waals surface area contributed by atoms with Crippen molar-refractivity contribution in [3.05, 3.63) is 0 Å². The summed E-state index contributed by atoms with van der Waals surface area (Å²) in [7, 11) is 0. The Morgan fingerprint density at radius 3 is 1.13 bits per heavy atom. The van der Waals surface area contributed by atoms with Crippen molar-refractivity contribution < 1.29 is 29.3 Å². The number of hydrogen-bond donors (Lipinski definition) is 2. The van der Waals surface area contributed by atoms with Crippen molar-refractivity contribution in [1.29, 1.82) is 0 Å². The average molecular weight is 782 g/mol. The third kappa shape index (κ3) is 38.1. The number of ether oxygens (including phenoxy) is 2. The standard InChI is InChI=1S/C48H95NO6/c1-5-9-12-15-20-27-35-45(34-8-4)54-47(52)38-30-23-18-25-32-40-49(42-44(51)43-50)41-33-26-19-24-31-39-48(53)55-46(36-28-21-16-13-10-6-2)37-29-22-17-14-11-7-3/h44-46,50-51H,5-43H2,1-4H3. The van der Waals surface area contributed by atoms with Gasteiger partial charge in [0, 0.05) is 19.4 Å². The molecule has 0 bridgehead atoms. The molecule has 0 heterocycles. The summed E-state index contributed by atoms with van der Waals surface area (Å²) in [6, 6.07) is 0. The van der Waals surface area contributed by atoms with Crippen molar-refractivity contribution in [2.45, 2.75) is 271 Å². The summed E-state index contributed by atoms with van der Waals surface area (Å²) in [6.45, 7) is 11.1. The Balaban J connectivity index is 4.26. The van der Waals surface area contributed by atoms with Crippen molar-refractivity contribution >= 4 is 11.9 Å². The van der Waals surface area contributed by atoms with Gasteiger partial charge in [-0.05, 0) is 83.7 Å². The van der Waals surface area contributed by atoms with Gasteiger partial charge in [0.2, 0.25) is 0 Å². The molecule has 0 fully saturated rings. The number of unbranched alkanes of at least 4 members (excludes halogenated alkanes) is 23. The summed E-state index contributed by atoms with van der Waals surface area (Å²) in [4.78, 5) is 27.5. The second kappa shape index (κ2) is 42.4. The topological polar surface area (TPSA) is 96.3 Å². The lowest BCUT2D eigenvalue weighted by Gasteiger charge is -2.24. The van der Waals surface area contributed by atoms with E-state index >= 15 is 0 Å². The largest absolute Gasteiger partial charge is 0.462 e. The van der Waals surface area contributed by atoms with Crippen LogP contribution >= 0.6 is 0 Å². The number of hydrogen-bond acceptors (Lipinski definition) is 7. The molecule has 0 aliphatic carbocycles. The monoisotopic (exact) mass is 782 g/mol. The molecule has 0 aliphatic heterocycles. The molecule has 2 atom stereocenters. The highest BCUT2D eigenvalue weighted by Gasteiger charge is 2.16. The van der Waals surface area contributed by atoms with Crippen LogP contribution in [0.1, 0.15) is 252 Å². The van der Waals surface area contributed by atoms with Crippen LogP contribution in [0.15, 0.2) is 0 Å². The van der Waals surface area contributed by atoms with Crippen LogP contribution in [0.2, 0.25) is 0 Å². The summed E-state index contributed by atoms with van der Waals surface area (Å²) in [5.74, 6) is -0.0368. The van der Waals surface area contributed by atoms with E-state index in [2.05, 4.69) is 32.6 Å². The van der Waals surface area contributed by atoms with Crippen molar-refractivity contribution in [3.63, 3.8) is 0 Å². The number of esters is 2. The third-order valence-corrected chi connectivity index (χ3v) is 11.2. The summed E-state index contributed by atoms with van der Waals surface area (Å²) < 4.78 is 11.9. The molecule has 0 saturated carbocycles. The van der Waals surface area contributed by atoms with Crippen LogP contribution in [0.5, 0.6) is 0 Å². The fraction of sp³-hybridized carbons (Fsp3) is 0.958.